The molecule has 2 N–H and O–H groups in total. The third-order valence-electron chi connectivity index (χ3n) is 3.00. The second-order valence-corrected chi connectivity index (χ2v) is 5.07. The molecule has 0 fully saturated rings. The van der Waals surface area contributed by atoms with Crippen LogP contribution in [0.15, 0.2) is 18.2 Å². The van der Waals surface area contributed by atoms with Gasteiger partial charge in [-0.1, -0.05) is 18.5 Å². The largest absolute Gasteiger partial charge is 0.493 e. The number of ether oxygens (including phenoxy) is 1. The number of benzene rings is 1. The molecule has 0 spiro atoms. The van der Waals surface area contributed by atoms with Gasteiger partial charge in [0.05, 0.1) is 13.0 Å². The molecule has 1 aromatic rings. The smallest absolute Gasteiger partial charge is 0.223 e. The summed E-state index contributed by atoms with van der Waals surface area (Å²) in [5, 5.41) is 6.67. The zero-order valence-corrected chi connectivity index (χ0v) is 13.1. The summed E-state index contributed by atoms with van der Waals surface area (Å²) < 4.78 is 5.71. The van der Waals surface area contributed by atoms with Crippen molar-refractivity contribution in [3.63, 3.8) is 0 Å². The summed E-state index contributed by atoms with van der Waals surface area (Å²) in [5.74, 6) is 0.743. The Morgan fingerprint density at radius 1 is 1.45 bits per heavy atom. The minimum absolute atomic E-state index is 0.0299. The summed E-state index contributed by atoms with van der Waals surface area (Å²) in [5.41, 5.74) is 1.02. The van der Waals surface area contributed by atoms with Gasteiger partial charge in [-0.05, 0) is 38.1 Å². The number of halogens is 1. The molecule has 0 aliphatic heterocycles. The quantitative estimate of drug-likeness (QED) is 0.776. The maximum absolute atomic E-state index is 11.2. The molecule has 4 nitrogen and oxygen atoms in total. The molecule has 1 unspecified atom stereocenters. The van der Waals surface area contributed by atoms with Crippen LogP contribution in [-0.2, 0) is 4.79 Å². The van der Waals surface area contributed by atoms with Crippen LogP contribution < -0.4 is 15.4 Å². The van der Waals surface area contributed by atoms with Crippen molar-refractivity contribution in [1.29, 1.82) is 0 Å². The summed E-state index contributed by atoms with van der Waals surface area (Å²) in [4.78, 5) is 11.2. The van der Waals surface area contributed by atoms with Crippen molar-refractivity contribution >= 4 is 17.5 Å². The molecule has 0 bridgehead atoms. The van der Waals surface area contributed by atoms with Gasteiger partial charge in [0, 0.05) is 23.7 Å². The van der Waals surface area contributed by atoms with Crippen molar-refractivity contribution in [3.8, 4) is 5.75 Å². The van der Waals surface area contributed by atoms with E-state index < -0.39 is 0 Å². The van der Waals surface area contributed by atoms with E-state index in [-0.39, 0.29) is 11.9 Å². The van der Waals surface area contributed by atoms with Gasteiger partial charge in [-0.3, -0.25) is 4.79 Å². The minimum Gasteiger partial charge on any atom is -0.493 e. The molecular weight excluding hydrogens is 276 g/mol. The highest BCUT2D eigenvalue weighted by Gasteiger charge is 2.12. The van der Waals surface area contributed by atoms with Gasteiger partial charge < -0.3 is 15.4 Å². The average molecular weight is 299 g/mol. The van der Waals surface area contributed by atoms with E-state index in [1.165, 1.54) is 0 Å². The zero-order chi connectivity index (χ0) is 15.0. The summed E-state index contributed by atoms with van der Waals surface area (Å²) >= 11 is 6.05. The van der Waals surface area contributed by atoms with Crippen LogP contribution in [0.1, 0.15) is 38.3 Å². The van der Waals surface area contributed by atoms with Crippen LogP contribution in [0.5, 0.6) is 5.75 Å². The molecule has 0 radical (unpaired) electrons. The summed E-state index contributed by atoms with van der Waals surface area (Å²) in [7, 11) is 1.62. The van der Waals surface area contributed by atoms with E-state index >= 15 is 0 Å². The Kier molecular flexibility index (Phi) is 7.41. The number of amides is 1. The topological polar surface area (TPSA) is 50.4 Å². The van der Waals surface area contributed by atoms with E-state index in [0.29, 0.717) is 18.1 Å². The van der Waals surface area contributed by atoms with Crippen LogP contribution in [-0.4, -0.2) is 26.1 Å². The molecule has 112 valence electrons. The van der Waals surface area contributed by atoms with Gasteiger partial charge in [-0.2, -0.15) is 0 Å². The first-order chi connectivity index (χ1) is 9.58. The molecule has 0 aliphatic carbocycles. The average Bonchev–Trinajstić information content (AvgIpc) is 2.45. The van der Waals surface area contributed by atoms with E-state index in [1.54, 1.807) is 13.1 Å². The molecule has 0 aromatic heterocycles. The molecule has 1 aromatic carbocycles. The van der Waals surface area contributed by atoms with Crippen LogP contribution in [0.2, 0.25) is 5.02 Å². The van der Waals surface area contributed by atoms with Gasteiger partial charge in [-0.15, -0.1) is 0 Å². The summed E-state index contributed by atoms with van der Waals surface area (Å²) in [6.07, 6.45) is 1.41. The van der Waals surface area contributed by atoms with Gasteiger partial charge in [0.25, 0.3) is 0 Å². The Morgan fingerprint density at radius 2 is 2.20 bits per heavy atom. The predicted octanol–water partition coefficient (Wildman–Crippen LogP) is 2.92. The van der Waals surface area contributed by atoms with E-state index in [0.717, 1.165) is 24.3 Å². The third-order valence-corrected chi connectivity index (χ3v) is 3.24. The van der Waals surface area contributed by atoms with E-state index in [2.05, 4.69) is 24.5 Å². The zero-order valence-electron chi connectivity index (χ0n) is 12.3. The Bertz CT molecular complexity index is 438. The van der Waals surface area contributed by atoms with Crippen molar-refractivity contribution in [1.82, 2.24) is 10.6 Å². The lowest BCUT2D eigenvalue weighted by molar-refractivity contribution is -0.121. The highest BCUT2D eigenvalue weighted by Crippen LogP contribution is 2.28. The second kappa shape index (κ2) is 8.82. The number of hydrogen-bond acceptors (Lipinski definition) is 3. The Labute approximate surface area is 125 Å². The molecule has 20 heavy (non-hydrogen) atoms. The molecule has 1 atom stereocenters. The lowest BCUT2D eigenvalue weighted by Crippen LogP contribution is -2.22. The predicted molar refractivity (Wildman–Crippen MR) is 82.3 cm³/mol. The summed E-state index contributed by atoms with van der Waals surface area (Å²) in [6, 6.07) is 5.71. The Hall–Kier alpha value is -1.26. The fourth-order valence-electron chi connectivity index (χ4n) is 1.84. The van der Waals surface area contributed by atoms with Crippen LogP contribution in [0.4, 0.5) is 0 Å². The number of nitrogens with one attached hydrogen (secondary N) is 2. The molecule has 1 rings (SSSR count). The van der Waals surface area contributed by atoms with Crippen LogP contribution in [0, 0.1) is 0 Å². The van der Waals surface area contributed by atoms with Gasteiger partial charge in [0.15, 0.2) is 0 Å². The molecule has 1 amide bonds. The second-order valence-electron chi connectivity index (χ2n) is 4.63. The van der Waals surface area contributed by atoms with Crippen molar-refractivity contribution < 1.29 is 9.53 Å². The highest BCUT2D eigenvalue weighted by atomic mass is 35.5. The van der Waals surface area contributed by atoms with Gasteiger partial charge >= 0.3 is 0 Å². The van der Waals surface area contributed by atoms with Crippen LogP contribution >= 0.6 is 11.6 Å². The SMILES string of the molecule is CCCNC(C)c1cc(Cl)ccc1OCCC(=O)NC. The first-order valence-electron chi connectivity index (χ1n) is 6.94. The Balaban J connectivity index is 2.71. The lowest BCUT2D eigenvalue weighted by Gasteiger charge is -2.18. The van der Waals surface area contributed by atoms with Crippen molar-refractivity contribution in [2.24, 2.45) is 0 Å². The fourth-order valence-corrected chi connectivity index (χ4v) is 2.02. The lowest BCUT2D eigenvalue weighted by atomic mass is 10.1. The van der Waals surface area contributed by atoms with Crippen molar-refractivity contribution in [3.05, 3.63) is 28.8 Å². The maximum atomic E-state index is 11.2. The minimum atomic E-state index is -0.0299. The van der Waals surface area contributed by atoms with E-state index in [1.807, 2.05) is 12.1 Å². The van der Waals surface area contributed by atoms with Crippen LogP contribution in [0.25, 0.3) is 0 Å². The molecule has 0 heterocycles. The maximum Gasteiger partial charge on any atom is 0.223 e. The summed E-state index contributed by atoms with van der Waals surface area (Å²) in [6.45, 7) is 5.49. The van der Waals surface area contributed by atoms with Crippen molar-refractivity contribution in [2.45, 2.75) is 32.7 Å². The number of hydrogen-bond donors (Lipinski definition) is 2. The molecule has 0 aliphatic rings. The van der Waals surface area contributed by atoms with E-state index in [9.17, 15) is 4.79 Å². The first-order valence-corrected chi connectivity index (χ1v) is 7.32. The molecule has 0 saturated carbocycles. The van der Waals surface area contributed by atoms with Gasteiger partial charge in [0.2, 0.25) is 5.91 Å². The van der Waals surface area contributed by atoms with Gasteiger partial charge in [-0.25, -0.2) is 0 Å². The monoisotopic (exact) mass is 298 g/mol. The standard InChI is InChI=1S/C15H23ClN2O2/c1-4-8-18-11(2)13-10-12(16)5-6-14(13)20-9-7-15(19)17-3/h5-6,10-11,18H,4,7-9H2,1-3H3,(H,17,19). The molecule has 0 saturated heterocycles. The number of carbonyl (C=O) groups excluding carboxylic acids is 1. The fraction of sp³-hybridized carbons (Fsp3) is 0.533. The Morgan fingerprint density at radius 3 is 2.85 bits per heavy atom. The highest BCUT2D eigenvalue weighted by molar-refractivity contribution is 6.30. The number of carbonyl (C=O) groups is 1. The third kappa shape index (κ3) is 5.39. The van der Waals surface area contributed by atoms with E-state index in [4.69, 9.17) is 16.3 Å². The molecule has 5 heteroatoms. The van der Waals surface area contributed by atoms with Gasteiger partial charge in [0.1, 0.15) is 5.75 Å². The number of rotatable bonds is 8. The molecular formula is C15H23ClN2O2. The van der Waals surface area contributed by atoms with Crippen molar-refractivity contribution in [2.75, 3.05) is 20.2 Å². The normalized spacial score (nSPS) is 12.0. The first kappa shape index (κ1) is 16.8. The van der Waals surface area contributed by atoms with Crippen LogP contribution in [0.3, 0.4) is 0 Å².